The Morgan fingerprint density at radius 1 is 0.886 bits per heavy atom. The van der Waals surface area contributed by atoms with E-state index in [-0.39, 0.29) is 5.82 Å². The Kier molecular flexibility index (Phi) is 5.88. The number of benzene rings is 2. The van der Waals surface area contributed by atoms with Crippen LogP contribution in [0.25, 0.3) is 28.3 Å². The molecule has 5 aromatic rings. The third-order valence-corrected chi connectivity index (χ3v) is 5.40. The first-order chi connectivity index (χ1) is 16.9. The SMILES string of the molecule is Cc1ccc(-c2ncn(-c3ccc(Nc4nccc(-c5cc(F)cc(N(C)C)c5)n4)cc3)n2)cn1. The van der Waals surface area contributed by atoms with E-state index in [2.05, 4.69) is 30.4 Å². The van der Waals surface area contributed by atoms with Gasteiger partial charge in [-0.05, 0) is 67.6 Å². The monoisotopic (exact) mass is 466 g/mol. The van der Waals surface area contributed by atoms with Crippen LogP contribution in [0.4, 0.5) is 21.7 Å². The summed E-state index contributed by atoms with van der Waals surface area (Å²) in [6.07, 6.45) is 5.09. The molecule has 1 N–H and O–H groups in total. The van der Waals surface area contributed by atoms with Crippen molar-refractivity contribution in [2.24, 2.45) is 0 Å². The molecule has 9 heteroatoms. The van der Waals surface area contributed by atoms with Crippen LogP contribution >= 0.6 is 0 Å². The Morgan fingerprint density at radius 3 is 2.46 bits per heavy atom. The number of aryl methyl sites for hydroxylation is 1. The van der Waals surface area contributed by atoms with Crippen molar-refractivity contribution < 1.29 is 4.39 Å². The van der Waals surface area contributed by atoms with Crippen LogP contribution in [0.5, 0.6) is 0 Å². The number of nitrogens with zero attached hydrogens (tertiary/aromatic N) is 7. The van der Waals surface area contributed by atoms with Crippen LogP contribution in [0, 0.1) is 12.7 Å². The molecule has 174 valence electrons. The number of hydrogen-bond acceptors (Lipinski definition) is 7. The smallest absolute Gasteiger partial charge is 0.227 e. The molecule has 0 aliphatic heterocycles. The maximum Gasteiger partial charge on any atom is 0.227 e. The maximum absolute atomic E-state index is 14.1. The van der Waals surface area contributed by atoms with E-state index < -0.39 is 0 Å². The molecular formula is C26H23FN8. The first-order valence-corrected chi connectivity index (χ1v) is 11.0. The van der Waals surface area contributed by atoms with Gasteiger partial charge in [-0.15, -0.1) is 5.10 Å². The number of nitrogens with one attached hydrogen (secondary N) is 1. The zero-order valence-corrected chi connectivity index (χ0v) is 19.5. The summed E-state index contributed by atoms with van der Waals surface area (Å²) in [6, 6.07) is 18.2. The zero-order chi connectivity index (χ0) is 24.4. The van der Waals surface area contributed by atoms with Crippen LogP contribution in [0.15, 0.2) is 79.4 Å². The van der Waals surface area contributed by atoms with Gasteiger partial charge in [-0.2, -0.15) is 0 Å². The normalized spacial score (nSPS) is 10.9. The fourth-order valence-corrected chi connectivity index (χ4v) is 3.51. The summed E-state index contributed by atoms with van der Waals surface area (Å²) >= 11 is 0. The Balaban J connectivity index is 1.33. The third-order valence-electron chi connectivity index (χ3n) is 5.40. The largest absolute Gasteiger partial charge is 0.378 e. The van der Waals surface area contributed by atoms with E-state index in [1.807, 2.05) is 68.4 Å². The Labute approximate surface area is 202 Å². The van der Waals surface area contributed by atoms with Gasteiger partial charge in [0, 0.05) is 54.7 Å². The number of aromatic nitrogens is 6. The van der Waals surface area contributed by atoms with Crippen LogP contribution in [0.1, 0.15) is 5.69 Å². The molecule has 0 radical (unpaired) electrons. The molecule has 0 unspecified atom stereocenters. The van der Waals surface area contributed by atoms with E-state index in [4.69, 9.17) is 0 Å². The van der Waals surface area contributed by atoms with Crippen molar-refractivity contribution in [2.45, 2.75) is 6.92 Å². The minimum atomic E-state index is -0.315. The van der Waals surface area contributed by atoms with E-state index in [1.54, 1.807) is 29.5 Å². The van der Waals surface area contributed by atoms with Gasteiger partial charge in [0.1, 0.15) is 12.1 Å². The summed E-state index contributed by atoms with van der Waals surface area (Å²) in [7, 11) is 3.74. The molecular weight excluding hydrogens is 443 g/mol. The van der Waals surface area contributed by atoms with E-state index in [0.29, 0.717) is 23.0 Å². The second kappa shape index (κ2) is 9.30. The number of halogens is 1. The molecule has 5 rings (SSSR count). The molecule has 0 fully saturated rings. The molecule has 0 aliphatic rings. The first-order valence-electron chi connectivity index (χ1n) is 11.0. The zero-order valence-electron chi connectivity index (χ0n) is 19.5. The molecule has 0 atom stereocenters. The van der Waals surface area contributed by atoms with Crippen LogP contribution in [-0.2, 0) is 0 Å². The van der Waals surface area contributed by atoms with Crippen LogP contribution in [0.3, 0.4) is 0 Å². The molecule has 0 amide bonds. The molecule has 0 bridgehead atoms. The second-order valence-corrected chi connectivity index (χ2v) is 8.23. The first kappa shape index (κ1) is 22.1. The highest BCUT2D eigenvalue weighted by Gasteiger charge is 2.09. The summed E-state index contributed by atoms with van der Waals surface area (Å²) < 4.78 is 15.8. The van der Waals surface area contributed by atoms with Gasteiger partial charge in [0.15, 0.2) is 5.82 Å². The molecule has 0 aliphatic carbocycles. The van der Waals surface area contributed by atoms with Gasteiger partial charge in [-0.3, -0.25) is 4.98 Å². The highest BCUT2D eigenvalue weighted by atomic mass is 19.1. The summed E-state index contributed by atoms with van der Waals surface area (Å²) in [4.78, 5) is 19.4. The summed E-state index contributed by atoms with van der Waals surface area (Å²) in [5.74, 6) is 0.713. The lowest BCUT2D eigenvalue weighted by Gasteiger charge is -2.14. The number of rotatable bonds is 6. The van der Waals surface area contributed by atoms with Gasteiger partial charge < -0.3 is 10.2 Å². The molecule has 3 aromatic heterocycles. The summed E-state index contributed by atoms with van der Waals surface area (Å²) in [6.45, 7) is 1.94. The Hall–Kier alpha value is -4.66. The van der Waals surface area contributed by atoms with Gasteiger partial charge in [0.2, 0.25) is 5.95 Å². The fraction of sp³-hybridized carbons (Fsp3) is 0.115. The standard InChI is InChI=1S/C26H23FN8/c1-17-4-5-18(15-29-17)25-30-16-35(33-25)22-8-6-21(7-9-22)31-26-28-11-10-24(32-26)19-12-20(27)14-23(13-19)34(2)3/h4-16H,1-3H3,(H,28,31,32). The van der Waals surface area contributed by atoms with E-state index in [0.717, 1.165) is 28.3 Å². The molecule has 35 heavy (non-hydrogen) atoms. The van der Waals surface area contributed by atoms with Crippen molar-refractivity contribution >= 4 is 17.3 Å². The fourth-order valence-electron chi connectivity index (χ4n) is 3.51. The molecule has 0 saturated carbocycles. The highest BCUT2D eigenvalue weighted by Crippen LogP contribution is 2.25. The molecule has 0 saturated heterocycles. The Bertz CT molecular complexity index is 1460. The second-order valence-electron chi connectivity index (χ2n) is 8.23. The number of hydrogen-bond donors (Lipinski definition) is 1. The third kappa shape index (κ3) is 4.98. The highest BCUT2D eigenvalue weighted by molar-refractivity contribution is 5.67. The lowest BCUT2D eigenvalue weighted by Crippen LogP contribution is -2.09. The van der Waals surface area contributed by atoms with Crippen molar-refractivity contribution in [2.75, 3.05) is 24.3 Å². The molecule has 0 spiro atoms. The van der Waals surface area contributed by atoms with Crippen molar-refractivity contribution in [1.82, 2.24) is 29.7 Å². The van der Waals surface area contributed by atoms with Gasteiger partial charge in [-0.1, -0.05) is 0 Å². The molecule has 2 aromatic carbocycles. The lowest BCUT2D eigenvalue weighted by atomic mass is 10.1. The van der Waals surface area contributed by atoms with Crippen molar-refractivity contribution in [1.29, 1.82) is 0 Å². The number of pyridine rings is 1. The molecule has 3 heterocycles. The van der Waals surface area contributed by atoms with Crippen molar-refractivity contribution in [3.8, 4) is 28.3 Å². The van der Waals surface area contributed by atoms with Crippen LogP contribution < -0.4 is 10.2 Å². The van der Waals surface area contributed by atoms with Crippen LogP contribution in [-0.4, -0.2) is 43.8 Å². The minimum absolute atomic E-state index is 0.315. The average molecular weight is 467 g/mol. The van der Waals surface area contributed by atoms with Gasteiger partial charge in [-0.25, -0.2) is 24.0 Å². The summed E-state index contributed by atoms with van der Waals surface area (Å²) in [5.41, 5.74) is 5.55. The van der Waals surface area contributed by atoms with E-state index in [9.17, 15) is 4.39 Å². The topological polar surface area (TPSA) is 84.7 Å². The van der Waals surface area contributed by atoms with E-state index in [1.165, 1.54) is 12.1 Å². The maximum atomic E-state index is 14.1. The van der Waals surface area contributed by atoms with Gasteiger partial charge in [0.05, 0.1) is 11.4 Å². The van der Waals surface area contributed by atoms with Crippen molar-refractivity contribution in [3.05, 3.63) is 90.9 Å². The van der Waals surface area contributed by atoms with E-state index >= 15 is 0 Å². The number of anilines is 3. The van der Waals surface area contributed by atoms with Gasteiger partial charge >= 0.3 is 0 Å². The predicted octanol–water partition coefficient (Wildman–Crippen LogP) is 5.04. The quantitative estimate of drug-likeness (QED) is 0.375. The minimum Gasteiger partial charge on any atom is -0.378 e. The molecule has 8 nitrogen and oxygen atoms in total. The van der Waals surface area contributed by atoms with Crippen molar-refractivity contribution in [3.63, 3.8) is 0 Å². The average Bonchev–Trinajstić information content (AvgIpc) is 3.35. The van der Waals surface area contributed by atoms with Crippen LogP contribution in [0.2, 0.25) is 0 Å². The lowest BCUT2D eigenvalue weighted by molar-refractivity contribution is 0.628. The summed E-state index contributed by atoms with van der Waals surface area (Å²) in [5, 5.41) is 7.75. The Morgan fingerprint density at radius 2 is 1.71 bits per heavy atom. The van der Waals surface area contributed by atoms with Gasteiger partial charge in [0.25, 0.3) is 0 Å². The predicted molar refractivity (Wildman–Crippen MR) is 134 cm³/mol.